The second-order valence-electron chi connectivity index (χ2n) is 4.51. The van der Waals surface area contributed by atoms with Gasteiger partial charge >= 0.3 is 6.18 Å². The van der Waals surface area contributed by atoms with Crippen LogP contribution in [0.2, 0.25) is 5.02 Å². The molecule has 1 aromatic carbocycles. The van der Waals surface area contributed by atoms with Crippen molar-refractivity contribution in [1.82, 2.24) is 0 Å². The predicted molar refractivity (Wildman–Crippen MR) is 61.0 cm³/mol. The number of rotatable bonds is 3. The van der Waals surface area contributed by atoms with E-state index in [9.17, 15) is 13.2 Å². The number of benzene rings is 1. The first kappa shape index (κ1) is 12.7. The van der Waals surface area contributed by atoms with Crippen molar-refractivity contribution in [2.24, 2.45) is 5.73 Å². The molecular weight excluding hydrogens is 251 g/mol. The van der Waals surface area contributed by atoms with E-state index in [1.807, 2.05) is 0 Å². The van der Waals surface area contributed by atoms with Gasteiger partial charge in [-0.1, -0.05) is 17.7 Å². The van der Waals surface area contributed by atoms with Crippen LogP contribution in [0.1, 0.15) is 30.4 Å². The first-order valence-corrected chi connectivity index (χ1v) is 5.84. The van der Waals surface area contributed by atoms with Gasteiger partial charge in [-0.05, 0) is 48.9 Å². The molecule has 0 aromatic heterocycles. The van der Waals surface area contributed by atoms with E-state index >= 15 is 0 Å². The van der Waals surface area contributed by atoms with E-state index in [1.54, 1.807) is 0 Å². The monoisotopic (exact) mass is 263 g/mol. The summed E-state index contributed by atoms with van der Waals surface area (Å²) >= 11 is 5.65. The van der Waals surface area contributed by atoms with Gasteiger partial charge in [0.1, 0.15) is 0 Å². The first-order chi connectivity index (χ1) is 7.89. The Morgan fingerprint density at radius 3 is 2.41 bits per heavy atom. The van der Waals surface area contributed by atoms with E-state index in [0.717, 1.165) is 18.9 Å². The summed E-state index contributed by atoms with van der Waals surface area (Å²) in [5.74, 6) is 0. The summed E-state index contributed by atoms with van der Waals surface area (Å²) in [7, 11) is 0. The van der Waals surface area contributed by atoms with Gasteiger partial charge in [0.25, 0.3) is 0 Å². The summed E-state index contributed by atoms with van der Waals surface area (Å²) in [6, 6.07) is 4.02. The number of hydrogen-bond donors (Lipinski definition) is 1. The number of alkyl halides is 3. The minimum Gasteiger partial charge on any atom is -0.330 e. The highest BCUT2D eigenvalue weighted by molar-refractivity contribution is 6.30. The van der Waals surface area contributed by atoms with Crippen molar-refractivity contribution in [1.29, 1.82) is 0 Å². The summed E-state index contributed by atoms with van der Waals surface area (Å²) in [5, 5.41) is 0.115. The lowest BCUT2D eigenvalue weighted by Crippen LogP contribution is -2.19. The second-order valence-corrected chi connectivity index (χ2v) is 4.94. The Morgan fingerprint density at radius 2 is 1.94 bits per heavy atom. The number of hydrogen-bond acceptors (Lipinski definition) is 1. The van der Waals surface area contributed by atoms with Gasteiger partial charge < -0.3 is 5.73 Å². The van der Waals surface area contributed by atoms with Crippen LogP contribution in [-0.4, -0.2) is 6.54 Å². The maximum Gasteiger partial charge on any atom is 0.416 e. The Morgan fingerprint density at radius 1 is 1.29 bits per heavy atom. The van der Waals surface area contributed by atoms with Crippen LogP contribution in [0.15, 0.2) is 18.2 Å². The molecule has 1 fully saturated rings. The average molecular weight is 264 g/mol. The van der Waals surface area contributed by atoms with Crippen molar-refractivity contribution >= 4 is 11.6 Å². The average Bonchev–Trinajstić information content (AvgIpc) is 2.98. The molecule has 0 atom stereocenters. The number of halogens is 4. The fourth-order valence-corrected chi connectivity index (χ4v) is 2.47. The highest BCUT2D eigenvalue weighted by Gasteiger charge is 2.48. The molecule has 1 saturated carbocycles. The lowest BCUT2D eigenvalue weighted by Gasteiger charge is -2.20. The minimum atomic E-state index is -4.36. The van der Waals surface area contributed by atoms with Crippen molar-refractivity contribution < 1.29 is 13.2 Å². The maximum atomic E-state index is 12.9. The normalized spacial score (nSPS) is 18.2. The van der Waals surface area contributed by atoms with Crippen LogP contribution in [0.25, 0.3) is 0 Å². The third-order valence-corrected chi connectivity index (χ3v) is 3.57. The van der Waals surface area contributed by atoms with Crippen LogP contribution >= 0.6 is 11.6 Å². The molecule has 0 radical (unpaired) electrons. The zero-order chi connectivity index (χ0) is 12.7. The highest BCUT2D eigenvalue weighted by Crippen LogP contribution is 2.54. The molecule has 5 heteroatoms. The van der Waals surface area contributed by atoms with Gasteiger partial charge in [0.05, 0.1) is 5.56 Å². The van der Waals surface area contributed by atoms with Crippen LogP contribution in [0.5, 0.6) is 0 Å². The molecule has 0 unspecified atom stereocenters. The fraction of sp³-hybridized carbons (Fsp3) is 0.500. The smallest absolute Gasteiger partial charge is 0.330 e. The van der Waals surface area contributed by atoms with Gasteiger partial charge in [0.15, 0.2) is 0 Å². The molecule has 0 amide bonds. The van der Waals surface area contributed by atoms with E-state index in [-0.39, 0.29) is 10.4 Å². The van der Waals surface area contributed by atoms with Crippen molar-refractivity contribution in [3.05, 3.63) is 34.3 Å². The Kier molecular flexibility index (Phi) is 3.12. The molecule has 0 bridgehead atoms. The third-order valence-electron chi connectivity index (χ3n) is 3.33. The Labute approximate surface area is 103 Å². The van der Waals surface area contributed by atoms with Crippen LogP contribution in [-0.2, 0) is 11.6 Å². The summed E-state index contributed by atoms with van der Waals surface area (Å²) < 4.78 is 38.8. The highest BCUT2D eigenvalue weighted by atomic mass is 35.5. The zero-order valence-corrected chi connectivity index (χ0v) is 9.91. The standard InChI is InChI=1S/C12H13ClF3N/c13-8-1-2-9(10(7-8)12(14,15)16)11(3-4-11)5-6-17/h1-2,7H,3-6,17H2. The van der Waals surface area contributed by atoms with Crippen molar-refractivity contribution in [3.63, 3.8) is 0 Å². The SMILES string of the molecule is NCCC1(c2ccc(Cl)cc2C(F)(F)F)CC1. The molecular formula is C12H13ClF3N. The molecule has 2 N–H and O–H groups in total. The van der Waals surface area contributed by atoms with E-state index in [0.29, 0.717) is 18.5 Å². The molecule has 17 heavy (non-hydrogen) atoms. The molecule has 0 heterocycles. The molecule has 2 rings (SSSR count). The molecule has 1 aromatic rings. The van der Waals surface area contributed by atoms with Crippen molar-refractivity contribution in [3.8, 4) is 0 Å². The third kappa shape index (κ3) is 2.43. The predicted octanol–water partition coefficient (Wildman–Crippen LogP) is 3.74. The van der Waals surface area contributed by atoms with Gasteiger partial charge in [0.2, 0.25) is 0 Å². The van der Waals surface area contributed by atoms with E-state index in [1.165, 1.54) is 12.1 Å². The number of nitrogens with two attached hydrogens (primary N) is 1. The topological polar surface area (TPSA) is 26.0 Å². The van der Waals surface area contributed by atoms with Gasteiger partial charge in [-0.15, -0.1) is 0 Å². The van der Waals surface area contributed by atoms with Crippen LogP contribution in [0.3, 0.4) is 0 Å². The van der Waals surface area contributed by atoms with Crippen LogP contribution in [0.4, 0.5) is 13.2 Å². The lowest BCUT2D eigenvalue weighted by atomic mass is 9.88. The van der Waals surface area contributed by atoms with E-state index < -0.39 is 11.7 Å². The van der Waals surface area contributed by atoms with Crippen LogP contribution in [0, 0.1) is 0 Å². The maximum absolute atomic E-state index is 12.9. The molecule has 0 aliphatic heterocycles. The summed E-state index contributed by atoms with van der Waals surface area (Å²) in [4.78, 5) is 0. The zero-order valence-electron chi connectivity index (χ0n) is 9.15. The largest absolute Gasteiger partial charge is 0.416 e. The summed E-state index contributed by atoms with van der Waals surface area (Å²) in [6.07, 6.45) is -2.22. The molecule has 94 valence electrons. The summed E-state index contributed by atoms with van der Waals surface area (Å²) in [6.45, 7) is 0.403. The molecule has 1 aliphatic carbocycles. The summed E-state index contributed by atoms with van der Waals surface area (Å²) in [5.41, 5.74) is 4.84. The lowest BCUT2D eigenvalue weighted by molar-refractivity contribution is -0.138. The van der Waals surface area contributed by atoms with Crippen LogP contribution < -0.4 is 5.73 Å². The molecule has 1 aliphatic rings. The quantitative estimate of drug-likeness (QED) is 0.883. The van der Waals surface area contributed by atoms with Gasteiger partial charge in [0, 0.05) is 5.02 Å². The van der Waals surface area contributed by atoms with E-state index in [2.05, 4.69) is 0 Å². The second kappa shape index (κ2) is 4.18. The van der Waals surface area contributed by atoms with Gasteiger partial charge in [-0.3, -0.25) is 0 Å². The van der Waals surface area contributed by atoms with Gasteiger partial charge in [-0.25, -0.2) is 0 Å². The van der Waals surface area contributed by atoms with E-state index in [4.69, 9.17) is 17.3 Å². The minimum absolute atomic E-state index is 0.115. The van der Waals surface area contributed by atoms with Crippen molar-refractivity contribution in [2.75, 3.05) is 6.54 Å². The molecule has 0 saturated heterocycles. The Bertz CT molecular complexity index is 424. The first-order valence-electron chi connectivity index (χ1n) is 5.46. The molecule has 1 nitrogen and oxygen atoms in total. The fourth-order valence-electron chi connectivity index (χ4n) is 2.29. The Hall–Kier alpha value is -0.740. The Balaban J connectivity index is 2.47. The van der Waals surface area contributed by atoms with Gasteiger partial charge in [-0.2, -0.15) is 13.2 Å². The molecule has 0 spiro atoms. The van der Waals surface area contributed by atoms with Crippen molar-refractivity contribution in [2.45, 2.75) is 30.9 Å².